The van der Waals surface area contributed by atoms with Crippen molar-refractivity contribution in [1.29, 1.82) is 0 Å². The summed E-state index contributed by atoms with van der Waals surface area (Å²) in [5.41, 5.74) is 4.15. The number of amides is 1. The monoisotopic (exact) mass is 558 g/mol. The van der Waals surface area contributed by atoms with E-state index in [1.807, 2.05) is 24.3 Å². The molecule has 4 aliphatic rings. The summed E-state index contributed by atoms with van der Waals surface area (Å²) in [4.78, 5) is 30.6. The van der Waals surface area contributed by atoms with E-state index in [2.05, 4.69) is 49.8 Å². The molecule has 2 bridgehead atoms. The fourth-order valence-electron chi connectivity index (χ4n) is 8.28. The van der Waals surface area contributed by atoms with Crippen LogP contribution in [0.5, 0.6) is 17.2 Å². The number of ether oxygens (including phenoxy) is 3. The average molecular weight is 559 g/mol. The van der Waals surface area contributed by atoms with Gasteiger partial charge in [-0.1, -0.05) is 43.7 Å². The number of carbonyl (C=O) groups is 2. The second-order valence-corrected chi connectivity index (χ2v) is 12.8. The number of esters is 1. The first-order valence-electron chi connectivity index (χ1n) is 15.0. The molecule has 5 atom stereocenters. The van der Waals surface area contributed by atoms with Gasteiger partial charge >= 0.3 is 5.97 Å². The summed E-state index contributed by atoms with van der Waals surface area (Å²) in [5, 5.41) is 0. The molecule has 0 unspecified atom stereocenters. The maximum absolute atomic E-state index is 14.0. The van der Waals surface area contributed by atoms with Crippen LogP contribution >= 0.6 is 0 Å². The van der Waals surface area contributed by atoms with E-state index in [0.717, 1.165) is 54.7 Å². The number of hydrogen-bond acceptors (Lipinski definition) is 6. The largest absolute Gasteiger partial charge is 0.493 e. The van der Waals surface area contributed by atoms with Crippen molar-refractivity contribution in [1.82, 2.24) is 9.80 Å². The number of likely N-dealkylation sites (tertiary alicyclic amines) is 1. The van der Waals surface area contributed by atoms with Gasteiger partial charge in [0.1, 0.15) is 11.9 Å². The van der Waals surface area contributed by atoms with Crippen LogP contribution in [-0.4, -0.2) is 67.1 Å². The van der Waals surface area contributed by atoms with Crippen LogP contribution in [0.3, 0.4) is 0 Å². The second-order valence-electron chi connectivity index (χ2n) is 12.8. The molecule has 218 valence electrons. The highest BCUT2D eigenvalue weighted by Gasteiger charge is 2.67. The highest BCUT2D eigenvalue weighted by atomic mass is 16.5. The quantitative estimate of drug-likeness (QED) is 0.266. The van der Waals surface area contributed by atoms with E-state index in [4.69, 9.17) is 14.2 Å². The normalized spacial score (nSPS) is 27.9. The minimum absolute atomic E-state index is 0.0210. The summed E-state index contributed by atoms with van der Waals surface area (Å²) >= 11 is 0. The Kier molecular flexibility index (Phi) is 7.13. The predicted octanol–water partition coefficient (Wildman–Crippen LogP) is 5.16. The summed E-state index contributed by atoms with van der Waals surface area (Å²) in [6, 6.07) is 10.3. The fraction of sp³-hybridized carbons (Fsp3) is 0.529. The molecule has 1 saturated carbocycles. The van der Waals surface area contributed by atoms with Gasteiger partial charge in [0, 0.05) is 48.2 Å². The second kappa shape index (κ2) is 10.5. The number of hydrogen-bond donors (Lipinski definition) is 0. The van der Waals surface area contributed by atoms with Gasteiger partial charge < -0.3 is 24.0 Å². The minimum Gasteiger partial charge on any atom is -0.493 e. The molecule has 41 heavy (non-hydrogen) atoms. The Labute approximate surface area is 243 Å². The van der Waals surface area contributed by atoms with E-state index in [-0.39, 0.29) is 29.4 Å². The van der Waals surface area contributed by atoms with Crippen LogP contribution in [0, 0.1) is 18.8 Å². The predicted molar refractivity (Wildman–Crippen MR) is 158 cm³/mol. The SMILES string of the molecule is COc1cc(OC(C)=O)c2c3c1O[C@H]1[C@@H](N(CC(C)C)C(=O)C=Cc4cccc(C)c4)CC[C@H]4[C@@H](C2)N(C)CC[C@@]341. The molecule has 0 N–H and O–H groups in total. The van der Waals surface area contributed by atoms with Crippen molar-refractivity contribution in [2.24, 2.45) is 11.8 Å². The zero-order valence-electron chi connectivity index (χ0n) is 25.1. The standard InChI is InChI=1S/C34H42N2O5/c1-20(2)19-36(30(38)13-10-23-9-7-8-21(3)16-23)26-12-11-25-27-17-24-28(40-22(4)37)18-29(39-6)32-31(24)34(25,33(26)41-32)14-15-35(27)5/h7-10,13,16,18,20,25-27,33H,11-12,14-15,17,19H2,1-6H3/t25-,26-,27+,33-,34-/m0/s1. The van der Waals surface area contributed by atoms with Crippen molar-refractivity contribution < 1.29 is 23.8 Å². The first-order valence-corrected chi connectivity index (χ1v) is 15.0. The molecule has 1 spiro atoms. The Hall–Kier alpha value is -3.32. The van der Waals surface area contributed by atoms with Crippen LogP contribution in [0.15, 0.2) is 36.4 Å². The van der Waals surface area contributed by atoms with Crippen molar-refractivity contribution in [3.8, 4) is 17.2 Å². The highest BCUT2D eigenvalue weighted by molar-refractivity contribution is 5.92. The smallest absolute Gasteiger partial charge is 0.308 e. The lowest BCUT2D eigenvalue weighted by molar-refractivity contribution is -0.138. The van der Waals surface area contributed by atoms with E-state index >= 15 is 0 Å². The Morgan fingerprint density at radius 3 is 2.73 bits per heavy atom. The van der Waals surface area contributed by atoms with Gasteiger partial charge in [0.15, 0.2) is 11.5 Å². The van der Waals surface area contributed by atoms with Crippen LogP contribution in [0.4, 0.5) is 0 Å². The summed E-state index contributed by atoms with van der Waals surface area (Å²) in [6.07, 6.45) is 7.11. The van der Waals surface area contributed by atoms with Crippen LogP contribution in [0.25, 0.3) is 6.08 Å². The van der Waals surface area contributed by atoms with Gasteiger partial charge in [0.05, 0.1) is 13.2 Å². The molecule has 2 aromatic rings. The number of piperidine rings is 1. The Bertz CT molecular complexity index is 1400. The molecular weight excluding hydrogens is 516 g/mol. The first kappa shape index (κ1) is 27.8. The molecule has 7 nitrogen and oxygen atoms in total. The van der Waals surface area contributed by atoms with E-state index in [9.17, 15) is 9.59 Å². The lowest BCUT2D eigenvalue weighted by atomic mass is 9.51. The molecule has 2 fully saturated rings. The van der Waals surface area contributed by atoms with Gasteiger partial charge in [-0.05, 0) is 69.7 Å². The Balaban J connectivity index is 1.44. The van der Waals surface area contributed by atoms with Gasteiger partial charge in [0.25, 0.3) is 0 Å². The van der Waals surface area contributed by atoms with E-state index in [1.54, 1.807) is 13.2 Å². The third-order valence-corrected chi connectivity index (χ3v) is 9.82. The van der Waals surface area contributed by atoms with Crippen molar-refractivity contribution in [3.63, 3.8) is 0 Å². The first-order chi connectivity index (χ1) is 19.6. The molecule has 7 heteroatoms. The zero-order chi connectivity index (χ0) is 29.1. The molecule has 0 radical (unpaired) electrons. The number of benzene rings is 2. The maximum atomic E-state index is 14.0. The van der Waals surface area contributed by atoms with Gasteiger partial charge in [-0.25, -0.2) is 0 Å². The molecule has 1 amide bonds. The van der Waals surface area contributed by atoms with Crippen molar-refractivity contribution in [2.45, 2.75) is 77.0 Å². The lowest BCUT2D eigenvalue weighted by Gasteiger charge is -2.60. The Morgan fingerprint density at radius 2 is 2.02 bits per heavy atom. The molecule has 2 aliphatic carbocycles. The van der Waals surface area contributed by atoms with Crippen molar-refractivity contribution >= 4 is 18.0 Å². The van der Waals surface area contributed by atoms with Crippen molar-refractivity contribution in [3.05, 3.63) is 58.7 Å². The summed E-state index contributed by atoms with van der Waals surface area (Å²) in [7, 11) is 3.85. The van der Waals surface area contributed by atoms with Crippen molar-refractivity contribution in [2.75, 3.05) is 27.2 Å². The molecule has 1 saturated heterocycles. The van der Waals surface area contributed by atoms with Crippen LogP contribution < -0.4 is 14.2 Å². The van der Waals surface area contributed by atoms with Gasteiger partial charge in [-0.3, -0.25) is 9.59 Å². The van der Waals surface area contributed by atoms with E-state index in [1.165, 1.54) is 12.5 Å². The molecule has 2 heterocycles. The minimum atomic E-state index is -0.340. The maximum Gasteiger partial charge on any atom is 0.308 e. The number of nitrogens with zero attached hydrogens (tertiary/aromatic N) is 2. The zero-order valence-corrected chi connectivity index (χ0v) is 25.1. The van der Waals surface area contributed by atoms with Crippen LogP contribution in [0.2, 0.25) is 0 Å². The summed E-state index contributed by atoms with van der Waals surface area (Å²) < 4.78 is 18.6. The third kappa shape index (κ3) is 4.53. The Morgan fingerprint density at radius 1 is 1.22 bits per heavy atom. The topological polar surface area (TPSA) is 68.3 Å². The average Bonchev–Trinajstić information content (AvgIpc) is 3.27. The molecule has 2 aromatic carbocycles. The van der Waals surface area contributed by atoms with Gasteiger partial charge in [-0.15, -0.1) is 0 Å². The van der Waals surface area contributed by atoms with Gasteiger partial charge in [0.2, 0.25) is 5.91 Å². The number of rotatable bonds is 7. The highest BCUT2D eigenvalue weighted by Crippen LogP contribution is 2.65. The molecule has 0 aromatic heterocycles. The summed E-state index contributed by atoms with van der Waals surface area (Å²) in [6.45, 7) is 9.45. The number of carbonyl (C=O) groups excluding carboxylic acids is 2. The molecule has 6 rings (SSSR count). The number of likely N-dealkylation sites (N-methyl/N-ethyl adjacent to an activating group) is 1. The van der Waals surface area contributed by atoms with Crippen LogP contribution in [-0.2, 0) is 21.4 Å². The van der Waals surface area contributed by atoms with Gasteiger partial charge in [-0.2, -0.15) is 0 Å². The van der Waals surface area contributed by atoms with Crippen LogP contribution in [0.1, 0.15) is 62.3 Å². The number of methoxy groups -OCH3 is 1. The number of aryl methyl sites for hydroxylation is 1. The fourth-order valence-corrected chi connectivity index (χ4v) is 8.28. The summed E-state index contributed by atoms with van der Waals surface area (Å²) in [5.74, 6) is 2.33. The molecule has 2 aliphatic heterocycles. The van der Waals surface area contributed by atoms with E-state index in [0.29, 0.717) is 35.9 Å². The lowest BCUT2D eigenvalue weighted by Crippen LogP contribution is -2.68. The molecular formula is C34H42N2O5. The third-order valence-electron chi connectivity index (χ3n) is 9.82. The van der Waals surface area contributed by atoms with E-state index < -0.39 is 0 Å².